The fourth-order valence-corrected chi connectivity index (χ4v) is 4.91. The van der Waals surface area contributed by atoms with Gasteiger partial charge in [-0.3, -0.25) is 0 Å². The Morgan fingerprint density at radius 1 is 0.781 bits per heavy atom. The van der Waals surface area contributed by atoms with Crippen LogP contribution in [-0.2, 0) is 6.54 Å². The van der Waals surface area contributed by atoms with Gasteiger partial charge in [-0.1, -0.05) is 54.6 Å². The molecule has 0 spiro atoms. The van der Waals surface area contributed by atoms with Gasteiger partial charge in [0.2, 0.25) is 6.79 Å². The van der Waals surface area contributed by atoms with Gasteiger partial charge in [0.05, 0.1) is 10.2 Å². The van der Waals surface area contributed by atoms with Gasteiger partial charge < -0.3 is 14.8 Å². The lowest BCUT2D eigenvalue weighted by Crippen LogP contribution is -2.01. The van der Waals surface area contributed by atoms with Crippen LogP contribution >= 0.6 is 11.3 Å². The molecule has 0 unspecified atom stereocenters. The van der Waals surface area contributed by atoms with E-state index in [0.29, 0.717) is 6.54 Å². The van der Waals surface area contributed by atoms with E-state index in [1.54, 1.807) is 17.7 Å². The van der Waals surface area contributed by atoms with Gasteiger partial charge in [-0.05, 0) is 46.5 Å². The highest BCUT2D eigenvalue weighted by molar-refractivity contribution is 7.22. The van der Waals surface area contributed by atoms with Crippen molar-refractivity contribution in [1.29, 1.82) is 0 Å². The molecule has 32 heavy (non-hydrogen) atoms. The summed E-state index contributed by atoms with van der Waals surface area (Å²) in [5.41, 5.74) is 5.64. The minimum absolute atomic E-state index is 0.280. The fraction of sp³-hybridized carbons (Fsp3) is 0.0769. The van der Waals surface area contributed by atoms with Gasteiger partial charge in [0.15, 0.2) is 11.5 Å². The molecule has 5 aromatic rings. The van der Waals surface area contributed by atoms with E-state index in [2.05, 4.69) is 69.9 Å². The molecule has 0 atom stereocenters. The van der Waals surface area contributed by atoms with Crippen molar-refractivity contribution in [2.45, 2.75) is 6.54 Å². The molecule has 5 nitrogen and oxygen atoms in total. The largest absolute Gasteiger partial charge is 0.454 e. The standard InChI is InChI=1S/C26H19N3O2S/c1-2-5-18(6-3-1)19-7-4-8-20(12-19)24-13-21-25(32-24)26(29-15-28-21)27-14-17-9-10-22-23(11-17)31-16-30-22/h1-13,15H,14,16H2,(H,27,28,29). The second-order valence-electron chi connectivity index (χ2n) is 7.54. The van der Waals surface area contributed by atoms with Crippen LogP contribution in [0.2, 0.25) is 0 Å². The highest BCUT2D eigenvalue weighted by atomic mass is 32.1. The van der Waals surface area contributed by atoms with E-state index in [9.17, 15) is 0 Å². The molecular formula is C26H19N3O2S. The number of benzene rings is 3. The molecule has 1 aliphatic heterocycles. The molecule has 0 radical (unpaired) electrons. The smallest absolute Gasteiger partial charge is 0.231 e. The molecule has 2 aromatic heterocycles. The zero-order valence-corrected chi connectivity index (χ0v) is 17.9. The number of thiophene rings is 1. The predicted molar refractivity (Wildman–Crippen MR) is 128 cm³/mol. The summed E-state index contributed by atoms with van der Waals surface area (Å²) in [7, 11) is 0. The Morgan fingerprint density at radius 2 is 1.62 bits per heavy atom. The van der Waals surface area contributed by atoms with Gasteiger partial charge in [0.25, 0.3) is 0 Å². The van der Waals surface area contributed by atoms with Gasteiger partial charge in [-0.15, -0.1) is 11.3 Å². The molecule has 1 aliphatic rings. The van der Waals surface area contributed by atoms with E-state index >= 15 is 0 Å². The summed E-state index contributed by atoms with van der Waals surface area (Å²) < 4.78 is 11.9. The normalized spacial score (nSPS) is 12.2. The topological polar surface area (TPSA) is 56.3 Å². The Kier molecular flexibility index (Phi) is 4.70. The second kappa shape index (κ2) is 7.98. The summed E-state index contributed by atoms with van der Waals surface area (Å²) >= 11 is 1.70. The highest BCUT2D eigenvalue weighted by Gasteiger charge is 2.14. The number of nitrogens with zero attached hydrogens (tertiary/aromatic N) is 2. The summed E-state index contributed by atoms with van der Waals surface area (Å²) in [6, 6.07) is 27.2. The van der Waals surface area contributed by atoms with E-state index in [1.807, 2.05) is 24.3 Å². The number of rotatable bonds is 5. The van der Waals surface area contributed by atoms with Crippen LogP contribution in [0, 0.1) is 0 Å². The maximum Gasteiger partial charge on any atom is 0.231 e. The molecule has 1 N–H and O–H groups in total. The van der Waals surface area contributed by atoms with Gasteiger partial charge in [0.1, 0.15) is 12.1 Å². The van der Waals surface area contributed by atoms with Crippen LogP contribution in [0.3, 0.4) is 0 Å². The second-order valence-corrected chi connectivity index (χ2v) is 8.59. The molecule has 0 amide bonds. The zero-order chi connectivity index (χ0) is 21.3. The van der Waals surface area contributed by atoms with Crippen LogP contribution in [0.15, 0.2) is 85.2 Å². The van der Waals surface area contributed by atoms with Crippen LogP contribution in [-0.4, -0.2) is 16.8 Å². The quantitative estimate of drug-likeness (QED) is 0.346. The maximum atomic E-state index is 5.48. The van der Waals surface area contributed by atoms with Crippen molar-refractivity contribution in [2.24, 2.45) is 0 Å². The lowest BCUT2D eigenvalue weighted by molar-refractivity contribution is 0.174. The first-order chi connectivity index (χ1) is 15.8. The number of nitrogens with one attached hydrogen (secondary N) is 1. The first-order valence-electron chi connectivity index (χ1n) is 10.4. The molecule has 0 saturated heterocycles. The molecule has 6 rings (SSSR count). The van der Waals surface area contributed by atoms with Crippen LogP contribution in [0.5, 0.6) is 11.5 Å². The fourth-order valence-electron chi connectivity index (χ4n) is 3.84. The van der Waals surface area contributed by atoms with E-state index in [0.717, 1.165) is 33.1 Å². The number of aromatic nitrogens is 2. The Labute approximate surface area is 189 Å². The summed E-state index contributed by atoms with van der Waals surface area (Å²) in [4.78, 5) is 10.2. The Hall–Kier alpha value is -3.90. The van der Waals surface area contributed by atoms with Crippen molar-refractivity contribution >= 4 is 27.4 Å². The third kappa shape index (κ3) is 3.55. The molecule has 156 valence electrons. The van der Waals surface area contributed by atoms with Gasteiger partial charge in [-0.2, -0.15) is 0 Å². The lowest BCUT2D eigenvalue weighted by Gasteiger charge is -2.07. The molecule has 0 saturated carbocycles. The Bertz CT molecular complexity index is 1420. The number of anilines is 1. The lowest BCUT2D eigenvalue weighted by atomic mass is 10.0. The number of hydrogen-bond donors (Lipinski definition) is 1. The minimum atomic E-state index is 0.280. The van der Waals surface area contributed by atoms with Crippen molar-refractivity contribution in [2.75, 3.05) is 12.1 Å². The molecular weight excluding hydrogens is 418 g/mol. The molecule has 0 fully saturated rings. The van der Waals surface area contributed by atoms with Crippen molar-refractivity contribution in [3.63, 3.8) is 0 Å². The highest BCUT2D eigenvalue weighted by Crippen LogP contribution is 2.37. The molecule has 3 aromatic carbocycles. The van der Waals surface area contributed by atoms with Crippen molar-refractivity contribution in [3.8, 4) is 33.1 Å². The minimum Gasteiger partial charge on any atom is -0.454 e. The van der Waals surface area contributed by atoms with Crippen LogP contribution < -0.4 is 14.8 Å². The van der Waals surface area contributed by atoms with Crippen LogP contribution in [0.1, 0.15) is 5.56 Å². The average Bonchev–Trinajstić information content (AvgIpc) is 3.50. The average molecular weight is 438 g/mol. The molecule has 0 aliphatic carbocycles. The summed E-state index contributed by atoms with van der Waals surface area (Å²) in [5.74, 6) is 2.41. The third-order valence-electron chi connectivity index (χ3n) is 5.46. The summed E-state index contributed by atoms with van der Waals surface area (Å²) in [6.07, 6.45) is 1.61. The number of ether oxygens (including phenoxy) is 2. The van der Waals surface area contributed by atoms with Gasteiger partial charge in [0, 0.05) is 11.4 Å². The third-order valence-corrected chi connectivity index (χ3v) is 6.64. The summed E-state index contributed by atoms with van der Waals surface area (Å²) in [5, 5.41) is 3.46. The van der Waals surface area contributed by atoms with E-state index in [4.69, 9.17) is 9.47 Å². The van der Waals surface area contributed by atoms with E-state index < -0.39 is 0 Å². The monoisotopic (exact) mass is 437 g/mol. The van der Waals surface area contributed by atoms with Gasteiger partial charge >= 0.3 is 0 Å². The molecule has 0 bridgehead atoms. The van der Waals surface area contributed by atoms with Crippen molar-refractivity contribution in [1.82, 2.24) is 9.97 Å². The van der Waals surface area contributed by atoms with Crippen molar-refractivity contribution in [3.05, 3.63) is 90.8 Å². The number of fused-ring (bicyclic) bond motifs is 2. The maximum absolute atomic E-state index is 5.48. The van der Waals surface area contributed by atoms with E-state index in [-0.39, 0.29) is 6.79 Å². The van der Waals surface area contributed by atoms with Crippen LogP contribution in [0.25, 0.3) is 31.8 Å². The Morgan fingerprint density at radius 3 is 2.56 bits per heavy atom. The Balaban J connectivity index is 1.29. The van der Waals surface area contributed by atoms with Crippen LogP contribution in [0.4, 0.5) is 5.82 Å². The van der Waals surface area contributed by atoms with Gasteiger partial charge in [-0.25, -0.2) is 9.97 Å². The SMILES string of the molecule is c1ccc(-c2cccc(-c3cc4ncnc(NCc5ccc6c(c5)OCO6)c4s3)c2)cc1. The van der Waals surface area contributed by atoms with Crippen molar-refractivity contribution < 1.29 is 9.47 Å². The first kappa shape index (κ1) is 18.8. The molecule has 6 heteroatoms. The first-order valence-corrected chi connectivity index (χ1v) is 11.2. The zero-order valence-electron chi connectivity index (χ0n) is 17.1. The van der Waals surface area contributed by atoms with E-state index in [1.165, 1.54) is 21.6 Å². The summed E-state index contributed by atoms with van der Waals surface area (Å²) in [6.45, 7) is 0.918. The predicted octanol–water partition coefficient (Wildman–Crippen LogP) is 6.37. The number of hydrogen-bond acceptors (Lipinski definition) is 6. The molecule has 3 heterocycles.